The molecule has 3 aromatic rings. The minimum Gasteiger partial charge on any atom is -0.459 e. The number of hydrogen-bond donors (Lipinski definition) is 2. The maximum absolute atomic E-state index is 14.0. The van der Waals surface area contributed by atoms with Crippen LogP contribution in [0, 0.1) is 11.6 Å². The van der Waals surface area contributed by atoms with E-state index < -0.39 is 32.5 Å². The molecule has 1 heterocycles. The Morgan fingerprint density at radius 2 is 1.78 bits per heavy atom. The van der Waals surface area contributed by atoms with Crippen LogP contribution in [0.1, 0.15) is 10.6 Å². The van der Waals surface area contributed by atoms with Gasteiger partial charge in [-0.25, -0.2) is 17.2 Å². The van der Waals surface area contributed by atoms with Crippen molar-refractivity contribution < 1.29 is 26.4 Å². The Morgan fingerprint density at radius 3 is 2.44 bits per heavy atom. The molecule has 0 atom stereocenters. The van der Waals surface area contributed by atoms with Crippen LogP contribution in [0.5, 0.6) is 0 Å². The van der Waals surface area contributed by atoms with Crippen molar-refractivity contribution in [2.75, 3.05) is 10.0 Å². The van der Waals surface area contributed by atoms with Crippen molar-refractivity contribution in [2.45, 2.75) is 4.90 Å². The molecule has 3 rings (SSSR count). The highest BCUT2D eigenvalue weighted by Crippen LogP contribution is 2.28. The number of nitrogens with one attached hydrogen (secondary N) is 2. The Kier molecular flexibility index (Phi) is 5.29. The molecular weight excluding hydrogens is 446 g/mol. The largest absolute Gasteiger partial charge is 0.459 e. The second-order valence-corrected chi connectivity index (χ2v) is 7.79. The van der Waals surface area contributed by atoms with Gasteiger partial charge in [0.25, 0.3) is 15.9 Å². The van der Waals surface area contributed by atoms with Gasteiger partial charge in [0.2, 0.25) is 0 Å². The molecule has 6 nitrogen and oxygen atoms in total. The van der Waals surface area contributed by atoms with Crippen LogP contribution >= 0.6 is 15.9 Å². The van der Waals surface area contributed by atoms with E-state index in [1.165, 1.54) is 36.6 Å². The van der Waals surface area contributed by atoms with Crippen molar-refractivity contribution in [3.8, 4) is 0 Å². The van der Waals surface area contributed by atoms with Crippen LogP contribution < -0.4 is 10.0 Å². The molecule has 27 heavy (non-hydrogen) atoms. The van der Waals surface area contributed by atoms with E-state index in [4.69, 9.17) is 4.42 Å². The Balaban J connectivity index is 1.85. The third kappa shape index (κ3) is 4.34. The second-order valence-electron chi connectivity index (χ2n) is 5.32. The molecule has 10 heteroatoms. The lowest BCUT2D eigenvalue weighted by Gasteiger charge is -2.12. The highest BCUT2D eigenvalue weighted by atomic mass is 79.9. The summed E-state index contributed by atoms with van der Waals surface area (Å²) in [6.07, 6.45) is 1.34. The average Bonchev–Trinajstić information content (AvgIpc) is 3.07. The van der Waals surface area contributed by atoms with Gasteiger partial charge in [0.1, 0.15) is 16.5 Å². The molecule has 1 amide bonds. The number of carbonyl (C=O) groups is 1. The van der Waals surface area contributed by atoms with Crippen LogP contribution in [-0.2, 0) is 10.0 Å². The molecule has 2 aromatic carbocycles. The number of hydrogen-bond acceptors (Lipinski definition) is 4. The number of amides is 1. The topological polar surface area (TPSA) is 88.4 Å². The van der Waals surface area contributed by atoms with E-state index >= 15 is 0 Å². The summed E-state index contributed by atoms with van der Waals surface area (Å²) in [4.78, 5) is 11.3. The minimum absolute atomic E-state index is 0.0721. The number of halogens is 3. The summed E-state index contributed by atoms with van der Waals surface area (Å²) in [5, 5.41) is 2.54. The van der Waals surface area contributed by atoms with Crippen LogP contribution in [-0.4, -0.2) is 14.3 Å². The predicted molar refractivity (Wildman–Crippen MR) is 98.0 cm³/mol. The highest BCUT2D eigenvalue weighted by molar-refractivity contribution is 9.10. The summed E-state index contributed by atoms with van der Waals surface area (Å²) in [6.45, 7) is 0. The number of furan rings is 1. The van der Waals surface area contributed by atoms with Crippen molar-refractivity contribution in [1.82, 2.24) is 0 Å². The summed E-state index contributed by atoms with van der Waals surface area (Å²) in [7, 11) is -4.35. The SMILES string of the molecule is O=C(Nc1cccc(NS(=O)(=O)c2c(F)cc(F)cc2Br)c1)c1ccco1. The first-order chi connectivity index (χ1) is 12.8. The molecule has 0 bridgehead atoms. The molecule has 0 spiro atoms. The molecule has 0 saturated carbocycles. The molecule has 2 N–H and O–H groups in total. The molecule has 0 aliphatic rings. The smallest absolute Gasteiger partial charge is 0.291 e. The first-order valence-corrected chi connectivity index (χ1v) is 9.66. The Bertz CT molecular complexity index is 1080. The number of anilines is 2. The standard InChI is InChI=1S/C17H11BrF2N2O4S/c18-13-7-10(19)8-14(20)16(13)27(24,25)22-12-4-1-3-11(9-12)21-17(23)15-5-2-6-26-15/h1-9,22H,(H,21,23). The van der Waals surface area contributed by atoms with Crippen LogP contribution in [0.3, 0.4) is 0 Å². The zero-order chi connectivity index (χ0) is 19.6. The van der Waals surface area contributed by atoms with Crippen molar-refractivity contribution in [3.63, 3.8) is 0 Å². The lowest BCUT2D eigenvalue weighted by atomic mass is 10.3. The first kappa shape index (κ1) is 19.1. The lowest BCUT2D eigenvalue weighted by molar-refractivity contribution is 0.0996. The monoisotopic (exact) mass is 456 g/mol. The second kappa shape index (κ2) is 7.49. The third-order valence-corrected chi connectivity index (χ3v) is 5.69. The van der Waals surface area contributed by atoms with Crippen molar-refractivity contribution in [2.24, 2.45) is 0 Å². The van der Waals surface area contributed by atoms with Gasteiger partial charge in [0.15, 0.2) is 5.76 Å². The molecule has 0 aliphatic carbocycles. The molecule has 140 valence electrons. The number of sulfonamides is 1. The maximum atomic E-state index is 14.0. The highest BCUT2D eigenvalue weighted by Gasteiger charge is 2.24. The molecule has 0 aliphatic heterocycles. The first-order valence-electron chi connectivity index (χ1n) is 7.38. The number of rotatable bonds is 5. The summed E-state index contributed by atoms with van der Waals surface area (Å²) in [6, 6.07) is 10.1. The van der Waals surface area contributed by atoms with Gasteiger partial charge in [0, 0.05) is 16.2 Å². The maximum Gasteiger partial charge on any atom is 0.291 e. The van der Waals surface area contributed by atoms with E-state index in [2.05, 4.69) is 26.0 Å². The average molecular weight is 457 g/mol. The molecular formula is C17H11BrF2N2O4S. The zero-order valence-electron chi connectivity index (χ0n) is 13.4. The van der Waals surface area contributed by atoms with Crippen LogP contribution in [0.4, 0.5) is 20.2 Å². The van der Waals surface area contributed by atoms with E-state index in [9.17, 15) is 22.0 Å². The fraction of sp³-hybridized carbons (Fsp3) is 0. The van der Waals surface area contributed by atoms with E-state index in [0.29, 0.717) is 6.07 Å². The van der Waals surface area contributed by atoms with Gasteiger partial charge in [-0.15, -0.1) is 0 Å². The van der Waals surface area contributed by atoms with Crippen molar-refractivity contribution >= 4 is 43.2 Å². The number of benzene rings is 2. The lowest BCUT2D eigenvalue weighted by Crippen LogP contribution is -2.16. The van der Waals surface area contributed by atoms with Gasteiger partial charge >= 0.3 is 0 Å². The van der Waals surface area contributed by atoms with E-state index in [-0.39, 0.29) is 21.6 Å². The summed E-state index contributed by atoms with van der Waals surface area (Å²) in [5.74, 6) is -2.59. The van der Waals surface area contributed by atoms with E-state index in [0.717, 1.165) is 6.07 Å². The molecule has 0 radical (unpaired) electrons. The third-order valence-electron chi connectivity index (χ3n) is 3.35. The quantitative estimate of drug-likeness (QED) is 0.596. The van der Waals surface area contributed by atoms with E-state index in [1.54, 1.807) is 6.07 Å². The van der Waals surface area contributed by atoms with Crippen LogP contribution in [0.15, 0.2) is 68.6 Å². The van der Waals surface area contributed by atoms with Gasteiger partial charge in [-0.1, -0.05) is 6.07 Å². The minimum atomic E-state index is -4.35. The van der Waals surface area contributed by atoms with Gasteiger partial charge in [0.05, 0.1) is 12.0 Å². The van der Waals surface area contributed by atoms with Crippen LogP contribution in [0.25, 0.3) is 0 Å². The normalized spacial score (nSPS) is 11.2. The Hall–Kier alpha value is -2.72. The van der Waals surface area contributed by atoms with Crippen molar-refractivity contribution in [1.29, 1.82) is 0 Å². The Morgan fingerprint density at radius 1 is 1.04 bits per heavy atom. The molecule has 1 aromatic heterocycles. The molecule has 0 saturated heterocycles. The predicted octanol–water partition coefficient (Wildman–Crippen LogP) is 4.37. The zero-order valence-corrected chi connectivity index (χ0v) is 15.8. The van der Waals surface area contributed by atoms with Gasteiger partial charge in [-0.2, -0.15) is 0 Å². The fourth-order valence-corrected chi connectivity index (χ4v) is 4.47. The van der Waals surface area contributed by atoms with E-state index in [1.807, 2.05) is 0 Å². The Labute approximate surface area is 161 Å². The summed E-state index contributed by atoms with van der Waals surface area (Å²) in [5.41, 5.74) is 0.359. The summed E-state index contributed by atoms with van der Waals surface area (Å²) < 4.78 is 59.0. The molecule has 0 fully saturated rings. The van der Waals surface area contributed by atoms with Gasteiger partial charge in [-0.3, -0.25) is 9.52 Å². The summed E-state index contributed by atoms with van der Waals surface area (Å²) >= 11 is 2.85. The molecule has 0 unspecified atom stereocenters. The van der Waals surface area contributed by atoms with Gasteiger partial charge in [-0.05, 0) is 52.3 Å². The van der Waals surface area contributed by atoms with Crippen LogP contribution in [0.2, 0.25) is 0 Å². The number of carbonyl (C=O) groups excluding carboxylic acids is 1. The van der Waals surface area contributed by atoms with Crippen molar-refractivity contribution in [3.05, 3.63) is 76.7 Å². The van der Waals surface area contributed by atoms with Gasteiger partial charge < -0.3 is 9.73 Å². The fourth-order valence-electron chi connectivity index (χ4n) is 2.25.